The summed E-state index contributed by atoms with van der Waals surface area (Å²) in [6.07, 6.45) is 0. The summed E-state index contributed by atoms with van der Waals surface area (Å²) in [5, 5.41) is 9.93. The van der Waals surface area contributed by atoms with Gasteiger partial charge < -0.3 is 10.1 Å². The van der Waals surface area contributed by atoms with Crippen LogP contribution in [0.5, 0.6) is 5.75 Å². The number of aromatic nitrogens is 2. The third kappa shape index (κ3) is 2.04. The van der Waals surface area contributed by atoms with E-state index in [0.29, 0.717) is 11.4 Å². The van der Waals surface area contributed by atoms with Gasteiger partial charge in [0.15, 0.2) is 0 Å². The molecule has 1 aromatic heterocycles. The fourth-order valence-corrected chi connectivity index (χ4v) is 2.52. The normalized spacial score (nSPS) is 11.0. The van der Waals surface area contributed by atoms with E-state index in [4.69, 9.17) is 0 Å². The highest BCUT2D eigenvalue weighted by atomic mass is 79.9. The number of benzene rings is 2. The van der Waals surface area contributed by atoms with Gasteiger partial charge in [0.25, 0.3) is 0 Å². The quantitative estimate of drug-likeness (QED) is 0.667. The van der Waals surface area contributed by atoms with E-state index in [0.717, 1.165) is 20.0 Å². The number of nitrogens with zero attached hydrogens (tertiary/aromatic N) is 1. The molecule has 0 aliphatic rings. The van der Waals surface area contributed by atoms with Crippen LogP contribution in [0.3, 0.4) is 0 Å². The summed E-state index contributed by atoms with van der Waals surface area (Å²) in [5.74, 6) is 0.857. The summed E-state index contributed by atoms with van der Waals surface area (Å²) in [6.45, 7) is 0. The first-order chi connectivity index (χ1) is 8.63. The molecule has 0 fully saturated rings. The molecule has 0 aliphatic carbocycles. The average Bonchev–Trinajstić information content (AvgIpc) is 2.71. The summed E-state index contributed by atoms with van der Waals surface area (Å²) in [6, 6.07) is 11.2. The standard InChI is InChI=1S/C13H8Br2N2O/c14-7-2-4-10-11(5-7)17-13(16-10)9-3-1-8(15)6-12(9)18/h1-6,18H,(H,16,17). The predicted molar refractivity (Wildman–Crippen MR) is 78.6 cm³/mol. The molecule has 0 aliphatic heterocycles. The van der Waals surface area contributed by atoms with Gasteiger partial charge in [0.2, 0.25) is 0 Å². The highest BCUT2D eigenvalue weighted by molar-refractivity contribution is 9.10. The molecule has 0 radical (unpaired) electrons. The number of aromatic amines is 1. The zero-order chi connectivity index (χ0) is 12.7. The molecule has 0 saturated heterocycles. The van der Waals surface area contributed by atoms with Crippen molar-refractivity contribution in [2.75, 3.05) is 0 Å². The summed E-state index contributed by atoms with van der Waals surface area (Å²) in [4.78, 5) is 7.66. The Morgan fingerprint density at radius 3 is 2.50 bits per heavy atom. The van der Waals surface area contributed by atoms with Crippen molar-refractivity contribution in [1.82, 2.24) is 9.97 Å². The SMILES string of the molecule is Oc1cc(Br)ccc1-c1nc2ccc(Br)cc2[nH]1. The van der Waals surface area contributed by atoms with Crippen LogP contribution in [0.25, 0.3) is 22.4 Å². The number of fused-ring (bicyclic) bond motifs is 1. The van der Waals surface area contributed by atoms with Crippen molar-refractivity contribution in [3.63, 3.8) is 0 Å². The van der Waals surface area contributed by atoms with Crippen LogP contribution in [-0.2, 0) is 0 Å². The molecular weight excluding hydrogens is 360 g/mol. The number of aromatic hydroxyl groups is 1. The van der Waals surface area contributed by atoms with Gasteiger partial charge in [-0.15, -0.1) is 0 Å². The molecule has 1 heterocycles. The number of nitrogens with one attached hydrogen (secondary N) is 1. The fraction of sp³-hybridized carbons (Fsp3) is 0. The van der Waals surface area contributed by atoms with E-state index >= 15 is 0 Å². The zero-order valence-electron chi connectivity index (χ0n) is 9.11. The van der Waals surface area contributed by atoms with E-state index in [1.165, 1.54) is 0 Å². The van der Waals surface area contributed by atoms with Crippen molar-refractivity contribution >= 4 is 42.9 Å². The van der Waals surface area contributed by atoms with Crippen LogP contribution in [0.1, 0.15) is 0 Å². The second-order valence-corrected chi connectivity index (χ2v) is 5.74. The molecule has 3 rings (SSSR count). The first kappa shape index (κ1) is 11.7. The Labute approximate surface area is 120 Å². The van der Waals surface area contributed by atoms with E-state index in [9.17, 15) is 5.11 Å². The number of phenolic OH excluding ortho intramolecular Hbond substituents is 1. The molecule has 0 saturated carbocycles. The van der Waals surface area contributed by atoms with Gasteiger partial charge in [0.05, 0.1) is 16.6 Å². The Kier molecular flexibility index (Phi) is 2.87. The van der Waals surface area contributed by atoms with Crippen LogP contribution in [0.2, 0.25) is 0 Å². The van der Waals surface area contributed by atoms with Gasteiger partial charge >= 0.3 is 0 Å². The maximum absolute atomic E-state index is 9.93. The van der Waals surface area contributed by atoms with Gasteiger partial charge in [-0.1, -0.05) is 31.9 Å². The lowest BCUT2D eigenvalue weighted by Gasteiger charge is -2.00. The van der Waals surface area contributed by atoms with Gasteiger partial charge in [-0.25, -0.2) is 4.98 Å². The summed E-state index contributed by atoms with van der Waals surface area (Å²) < 4.78 is 1.83. The van der Waals surface area contributed by atoms with Gasteiger partial charge in [0, 0.05) is 8.95 Å². The first-order valence-electron chi connectivity index (χ1n) is 5.27. The Hall–Kier alpha value is -1.33. The minimum atomic E-state index is 0.197. The third-order valence-corrected chi connectivity index (χ3v) is 3.65. The van der Waals surface area contributed by atoms with Gasteiger partial charge in [-0.05, 0) is 36.4 Å². The van der Waals surface area contributed by atoms with E-state index in [2.05, 4.69) is 41.8 Å². The van der Waals surface area contributed by atoms with Crippen molar-refractivity contribution in [3.8, 4) is 17.1 Å². The minimum absolute atomic E-state index is 0.197. The number of halogens is 2. The van der Waals surface area contributed by atoms with Crippen molar-refractivity contribution in [2.45, 2.75) is 0 Å². The monoisotopic (exact) mass is 366 g/mol. The molecule has 0 spiro atoms. The van der Waals surface area contributed by atoms with Crippen LogP contribution in [-0.4, -0.2) is 15.1 Å². The minimum Gasteiger partial charge on any atom is -0.507 e. The van der Waals surface area contributed by atoms with Crippen LogP contribution in [0.15, 0.2) is 45.3 Å². The zero-order valence-corrected chi connectivity index (χ0v) is 12.3. The summed E-state index contributed by atoms with van der Waals surface area (Å²) in [7, 11) is 0. The van der Waals surface area contributed by atoms with E-state index in [-0.39, 0.29) is 5.75 Å². The molecule has 0 amide bonds. The van der Waals surface area contributed by atoms with Crippen LogP contribution >= 0.6 is 31.9 Å². The van der Waals surface area contributed by atoms with Crippen molar-refractivity contribution < 1.29 is 5.11 Å². The molecule has 3 nitrogen and oxygen atoms in total. The van der Waals surface area contributed by atoms with Crippen LogP contribution < -0.4 is 0 Å². The predicted octanol–water partition coefficient (Wildman–Crippen LogP) is 4.46. The molecule has 3 aromatic rings. The lowest BCUT2D eigenvalue weighted by Crippen LogP contribution is -1.81. The summed E-state index contributed by atoms with van der Waals surface area (Å²) >= 11 is 6.73. The number of imidazole rings is 1. The lowest BCUT2D eigenvalue weighted by molar-refractivity contribution is 0.476. The molecule has 5 heteroatoms. The van der Waals surface area contributed by atoms with E-state index < -0.39 is 0 Å². The fourth-order valence-electron chi connectivity index (χ4n) is 1.81. The van der Waals surface area contributed by atoms with Gasteiger partial charge in [-0.2, -0.15) is 0 Å². The topological polar surface area (TPSA) is 48.9 Å². The molecule has 18 heavy (non-hydrogen) atoms. The smallest absolute Gasteiger partial charge is 0.142 e. The number of rotatable bonds is 1. The molecule has 0 unspecified atom stereocenters. The number of hydrogen-bond donors (Lipinski definition) is 2. The Bertz CT molecular complexity index is 737. The molecule has 0 atom stereocenters. The summed E-state index contributed by atoms with van der Waals surface area (Å²) in [5.41, 5.74) is 2.49. The average molecular weight is 368 g/mol. The van der Waals surface area contributed by atoms with Crippen LogP contribution in [0.4, 0.5) is 0 Å². The highest BCUT2D eigenvalue weighted by Gasteiger charge is 2.09. The molecule has 90 valence electrons. The largest absolute Gasteiger partial charge is 0.507 e. The molecule has 2 N–H and O–H groups in total. The highest BCUT2D eigenvalue weighted by Crippen LogP contribution is 2.31. The Balaban J connectivity index is 2.19. The van der Waals surface area contributed by atoms with Crippen molar-refractivity contribution in [2.24, 2.45) is 0 Å². The van der Waals surface area contributed by atoms with E-state index in [1.807, 2.05) is 30.3 Å². The number of hydrogen-bond acceptors (Lipinski definition) is 2. The first-order valence-corrected chi connectivity index (χ1v) is 6.86. The maximum Gasteiger partial charge on any atom is 0.142 e. The molecule has 0 bridgehead atoms. The molecular formula is C13H8Br2N2O. The molecule has 2 aromatic carbocycles. The third-order valence-electron chi connectivity index (χ3n) is 2.66. The lowest BCUT2D eigenvalue weighted by atomic mass is 10.2. The van der Waals surface area contributed by atoms with Crippen LogP contribution in [0, 0.1) is 0 Å². The maximum atomic E-state index is 9.93. The Morgan fingerprint density at radius 1 is 1.00 bits per heavy atom. The van der Waals surface area contributed by atoms with Crippen molar-refractivity contribution in [1.29, 1.82) is 0 Å². The van der Waals surface area contributed by atoms with Gasteiger partial charge in [-0.3, -0.25) is 0 Å². The van der Waals surface area contributed by atoms with Crippen molar-refractivity contribution in [3.05, 3.63) is 45.3 Å². The number of phenols is 1. The Morgan fingerprint density at radius 2 is 1.72 bits per heavy atom. The second-order valence-electron chi connectivity index (χ2n) is 3.91. The second kappa shape index (κ2) is 4.40. The van der Waals surface area contributed by atoms with Gasteiger partial charge in [0.1, 0.15) is 11.6 Å². The van der Waals surface area contributed by atoms with E-state index in [1.54, 1.807) is 6.07 Å². The number of H-pyrrole nitrogens is 1.